The van der Waals surface area contributed by atoms with Gasteiger partial charge < -0.3 is 5.32 Å². The van der Waals surface area contributed by atoms with Crippen LogP contribution < -0.4 is 5.32 Å². The quantitative estimate of drug-likeness (QED) is 0.701. The molecule has 0 radical (unpaired) electrons. The largest absolute Gasteiger partial charge is 0.320 e. The minimum atomic E-state index is -1.44. The van der Waals surface area contributed by atoms with E-state index in [-0.39, 0.29) is 6.33 Å². The van der Waals surface area contributed by atoms with Crippen molar-refractivity contribution < 1.29 is 13.6 Å². The number of hydrogen-bond acceptors (Lipinski definition) is 1. The molecule has 0 aliphatic heterocycles. The van der Waals surface area contributed by atoms with Crippen molar-refractivity contribution in [2.75, 3.05) is 5.32 Å². The van der Waals surface area contributed by atoms with Crippen LogP contribution in [0.25, 0.3) is 0 Å². The van der Waals surface area contributed by atoms with Gasteiger partial charge in [0.25, 0.3) is 5.91 Å². The van der Waals surface area contributed by atoms with E-state index in [9.17, 15) is 13.6 Å². The molecule has 1 aromatic carbocycles. The van der Waals surface area contributed by atoms with Crippen molar-refractivity contribution in [3.8, 4) is 0 Å². The Morgan fingerprint density at radius 1 is 1.31 bits per heavy atom. The van der Waals surface area contributed by atoms with E-state index < -0.39 is 11.7 Å². The van der Waals surface area contributed by atoms with Crippen LogP contribution in [0.1, 0.15) is 0 Å². The van der Waals surface area contributed by atoms with Crippen molar-refractivity contribution in [2.24, 2.45) is 0 Å². The van der Waals surface area contributed by atoms with E-state index in [2.05, 4.69) is 5.32 Å². The smallest absolute Gasteiger partial charge is 0.286 e. The zero-order valence-electron chi connectivity index (χ0n) is 6.63. The number of hydrogen-bond donors (Lipinski definition) is 1. The first-order chi connectivity index (χ1) is 6.24. The van der Waals surface area contributed by atoms with Crippen LogP contribution in [-0.4, -0.2) is 5.91 Å². The van der Waals surface area contributed by atoms with Gasteiger partial charge in [-0.2, -0.15) is 4.39 Å². The standard InChI is InChI=1S/C9H7F2NO/c10-6-8(11)9(13)12-7-4-2-1-3-5-7/h1-6H,(H,12,13)/b8-6+. The number of nitrogens with one attached hydrogen (secondary N) is 1. The summed E-state index contributed by atoms with van der Waals surface area (Å²) < 4.78 is 23.8. The molecule has 2 nitrogen and oxygen atoms in total. The molecule has 68 valence electrons. The molecule has 0 heterocycles. The summed E-state index contributed by atoms with van der Waals surface area (Å²) in [6, 6.07) is 8.24. The zero-order valence-corrected chi connectivity index (χ0v) is 6.63. The van der Waals surface area contributed by atoms with Crippen molar-refractivity contribution in [2.45, 2.75) is 0 Å². The summed E-state index contributed by atoms with van der Waals surface area (Å²) >= 11 is 0. The van der Waals surface area contributed by atoms with Crippen LogP contribution in [0.5, 0.6) is 0 Å². The highest BCUT2D eigenvalue weighted by atomic mass is 19.2. The molecule has 0 atom stereocenters. The van der Waals surface area contributed by atoms with Crippen LogP contribution in [0, 0.1) is 0 Å². The summed E-state index contributed by atoms with van der Waals surface area (Å²) in [5.41, 5.74) is 0.421. The first-order valence-corrected chi connectivity index (χ1v) is 3.56. The number of amides is 1. The van der Waals surface area contributed by atoms with Crippen LogP contribution in [0.3, 0.4) is 0 Å². The first kappa shape index (κ1) is 9.38. The Morgan fingerprint density at radius 3 is 2.46 bits per heavy atom. The van der Waals surface area contributed by atoms with Crippen LogP contribution in [0.15, 0.2) is 42.5 Å². The highest BCUT2D eigenvalue weighted by molar-refractivity contribution is 6.01. The fourth-order valence-electron chi connectivity index (χ4n) is 0.762. The molecule has 0 bridgehead atoms. The molecule has 0 spiro atoms. The summed E-state index contributed by atoms with van der Waals surface area (Å²) in [6.45, 7) is 0. The second-order valence-electron chi connectivity index (χ2n) is 2.28. The molecular formula is C9H7F2NO. The number of para-hydroxylation sites is 1. The highest BCUT2D eigenvalue weighted by Gasteiger charge is 2.07. The normalized spacial score (nSPS) is 11.1. The van der Waals surface area contributed by atoms with Crippen LogP contribution in [-0.2, 0) is 4.79 Å². The Hall–Kier alpha value is -1.71. The molecule has 4 heteroatoms. The Kier molecular flexibility index (Phi) is 3.14. The van der Waals surface area contributed by atoms with Gasteiger partial charge >= 0.3 is 0 Å². The van der Waals surface area contributed by atoms with E-state index in [1.165, 1.54) is 0 Å². The number of carbonyl (C=O) groups excluding carboxylic acids is 1. The van der Waals surface area contributed by atoms with Crippen LogP contribution >= 0.6 is 0 Å². The molecule has 1 N–H and O–H groups in total. The Balaban J connectivity index is 2.66. The van der Waals surface area contributed by atoms with Gasteiger partial charge in [0.2, 0.25) is 5.83 Å². The van der Waals surface area contributed by atoms with E-state index in [4.69, 9.17) is 0 Å². The average Bonchev–Trinajstić information content (AvgIpc) is 2.18. The van der Waals surface area contributed by atoms with Gasteiger partial charge in [-0.1, -0.05) is 18.2 Å². The fraction of sp³-hybridized carbons (Fsp3) is 0. The lowest BCUT2D eigenvalue weighted by atomic mass is 10.3. The first-order valence-electron chi connectivity index (χ1n) is 3.56. The van der Waals surface area contributed by atoms with Crippen molar-refractivity contribution in [1.82, 2.24) is 0 Å². The molecule has 0 saturated heterocycles. The summed E-state index contributed by atoms with van der Waals surface area (Å²) in [5.74, 6) is -2.53. The van der Waals surface area contributed by atoms with E-state index in [1.807, 2.05) is 0 Å². The highest BCUT2D eigenvalue weighted by Crippen LogP contribution is 2.07. The van der Waals surface area contributed by atoms with Crippen molar-refractivity contribution >= 4 is 11.6 Å². The Labute approximate surface area is 73.9 Å². The number of benzene rings is 1. The lowest BCUT2D eigenvalue weighted by Gasteiger charge is -2.00. The molecule has 1 rings (SSSR count). The van der Waals surface area contributed by atoms with Gasteiger partial charge in [0.15, 0.2) is 0 Å². The molecule has 13 heavy (non-hydrogen) atoms. The molecule has 1 aromatic rings. The maximum atomic E-state index is 12.3. The second kappa shape index (κ2) is 4.35. The van der Waals surface area contributed by atoms with E-state index in [0.29, 0.717) is 5.69 Å². The molecule has 1 amide bonds. The van der Waals surface area contributed by atoms with Gasteiger partial charge in [0.1, 0.15) is 6.33 Å². The predicted octanol–water partition coefficient (Wildman–Crippen LogP) is 2.41. The van der Waals surface area contributed by atoms with E-state index in [0.717, 1.165) is 0 Å². The van der Waals surface area contributed by atoms with Crippen molar-refractivity contribution in [1.29, 1.82) is 0 Å². The summed E-state index contributed by atoms with van der Waals surface area (Å²) in [5, 5.41) is 2.17. The third-order valence-corrected chi connectivity index (χ3v) is 1.34. The Bertz CT molecular complexity index is 322. The van der Waals surface area contributed by atoms with Crippen molar-refractivity contribution in [3.05, 3.63) is 42.5 Å². The maximum absolute atomic E-state index is 12.3. The molecular weight excluding hydrogens is 176 g/mol. The summed E-state index contributed by atoms with van der Waals surface area (Å²) in [4.78, 5) is 10.7. The third kappa shape index (κ3) is 2.66. The topological polar surface area (TPSA) is 29.1 Å². The van der Waals surface area contributed by atoms with Gasteiger partial charge in [-0.25, -0.2) is 4.39 Å². The minimum Gasteiger partial charge on any atom is -0.320 e. The third-order valence-electron chi connectivity index (χ3n) is 1.34. The number of anilines is 1. The number of rotatable bonds is 2. The molecule has 0 aromatic heterocycles. The second-order valence-corrected chi connectivity index (χ2v) is 2.28. The van der Waals surface area contributed by atoms with Gasteiger partial charge in [0.05, 0.1) is 0 Å². The molecule has 0 aliphatic carbocycles. The van der Waals surface area contributed by atoms with E-state index in [1.54, 1.807) is 30.3 Å². The average molecular weight is 183 g/mol. The Morgan fingerprint density at radius 2 is 1.92 bits per heavy atom. The lowest BCUT2D eigenvalue weighted by Crippen LogP contribution is -2.11. The molecule has 0 unspecified atom stereocenters. The van der Waals surface area contributed by atoms with Gasteiger partial charge in [0, 0.05) is 5.69 Å². The molecule has 0 saturated carbocycles. The van der Waals surface area contributed by atoms with Crippen LogP contribution in [0.2, 0.25) is 0 Å². The van der Waals surface area contributed by atoms with Gasteiger partial charge in [-0.15, -0.1) is 0 Å². The SMILES string of the molecule is O=C(Nc1ccccc1)/C(F)=C\F. The van der Waals surface area contributed by atoms with Crippen molar-refractivity contribution in [3.63, 3.8) is 0 Å². The lowest BCUT2D eigenvalue weighted by molar-refractivity contribution is -0.114. The summed E-state index contributed by atoms with van der Waals surface area (Å²) in [7, 11) is 0. The number of carbonyl (C=O) groups is 1. The molecule has 0 aliphatic rings. The number of halogens is 2. The minimum absolute atomic E-state index is 0.377. The summed E-state index contributed by atoms with van der Waals surface area (Å²) in [6.07, 6.45) is -0.377. The monoisotopic (exact) mass is 183 g/mol. The maximum Gasteiger partial charge on any atom is 0.286 e. The molecule has 0 fully saturated rings. The van der Waals surface area contributed by atoms with Gasteiger partial charge in [-0.05, 0) is 12.1 Å². The van der Waals surface area contributed by atoms with Crippen LogP contribution in [0.4, 0.5) is 14.5 Å². The van der Waals surface area contributed by atoms with Gasteiger partial charge in [-0.3, -0.25) is 4.79 Å². The predicted molar refractivity (Wildman–Crippen MR) is 45.4 cm³/mol. The zero-order chi connectivity index (χ0) is 9.68. The van der Waals surface area contributed by atoms with E-state index >= 15 is 0 Å². The fourth-order valence-corrected chi connectivity index (χ4v) is 0.762.